The van der Waals surface area contributed by atoms with Crippen molar-refractivity contribution < 1.29 is 19.0 Å². The summed E-state index contributed by atoms with van der Waals surface area (Å²) in [5.74, 6) is 1.64. The highest BCUT2D eigenvalue weighted by molar-refractivity contribution is 5.92. The molecule has 1 N–H and O–H groups in total. The van der Waals surface area contributed by atoms with Crippen LogP contribution in [0.15, 0.2) is 72.8 Å². The number of anilines is 1. The zero-order valence-corrected chi connectivity index (χ0v) is 16.0. The molecular formula is C23H23NO4. The Balaban J connectivity index is 1.64. The number of methoxy groups -OCH3 is 2. The Morgan fingerprint density at radius 2 is 1.50 bits per heavy atom. The average molecular weight is 377 g/mol. The van der Waals surface area contributed by atoms with Crippen molar-refractivity contribution in [2.75, 3.05) is 26.1 Å². The third-order valence-electron chi connectivity index (χ3n) is 4.20. The summed E-state index contributed by atoms with van der Waals surface area (Å²) in [6.45, 7) is -0.0919. The predicted molar refractivity (Wildman–Crippen MR) is 109 cm³/mol. The lowest BCUT2D eigenvalue weighted by molar-refractivity contribution is -0.118. The quantitative estimate of drug-likeness (QED) is 0.635. The molecule has 5 heteroatoms. The Kier molecular flexibility index (Phi) is 6.52. The van der Waals surface area contributed by atoms with Gasteiger partial charge in [0.15, 0.2) is 6.61 Å². The third kappa shape index (κ3) is 5.27. The van der Waals surface area contributed by atoms with Gasteiger partial charge in [0.2, 0.25) is 0 Å². The van der Waals surface area contributed by atoms with Gasteiger partial charge in [0, 0.05) is 30.3 Å². The SMILES string of the molecule is COc1cc(NC(=O)COc2ccccc2Cc2ccccc2)cc(OC)c1. The van der Waals surface area contributed by atoms with Gasteiger partial charge in [0.05, 0.1) is 14.2 Å². The summed E-state index contributed by atoms with van der Waals surface area (Å²) in [6.07, 6.45) is 0.742. The van der Waals surface area contributed by atoms with E-state index in [-0.39, 0.29) is 12.5 Å². The van der Waals surface area contributed by atoms with Gasteiger partial charge in [-0.1, -0.05) is 48.5 Å². The van der Waals surface area contributed by atoms with Crippen molar-refractivity contribution >= 4 is 11.6 Å². The molecule has 0 heterocycles. The average Bonchev–Trinajstić information content (AvgIpc) is 2.73. The highest BCUT2D eigenvalue weighted by atomic mass is 16.5. The molecule has 0 radical (unpaired) electrons. The summed E-state index contributed by atoms with van der Waals surface area (Å²) in [5, 5.41) is 2.81. The van der Waals surface area contributed by atoms with Gasteiger partial charge < -0.3 is 19.5 Å². The molecule has 0 unspecified atom stereocenters. The van der Waals surface area contributed by atoms with Crippen LogP contribution in [0.1, 0.15) is 11.1 Å². The van der Waals surface area contributed by atoms with Crippen LogP contribution in [0, 0.1) is 0 Å². The minimum absolute atomic E-state index is 0.0919. The molecule has 0 aliphatic carbocycles. The maximum Gasteiger partial charge on any atom is 0.262 e. The molecule has 144 valence electrons. The van der Waals surface area contributed by atoms with Crippen LogP contribution in [-0.4, -0.2) is 26.7 Å². The minimum atomic E-state index is -0.259. The van der Waals surface area contributed by atoms with Gasteiger partial charge in [-0.15, -0.1) is 0 Å². The number of rotatable bonds is 8. The molecule has 0 spiro atoms. The summed E-state index contributed by atoms with van der Waals surface area (Å²) in [6, 6.07) is 23.1. The van der Waals surface area contributed by atoms with Crippen molar-refractivity contribution in [3.63, 3.8) is 0 Å². The first-order valence-corrected chi connectivity index (χ1v) is 8.95. The minimum Gasteiger partial charge on any atom is -0.497 e. The lowest BCUT2D eigenvalue weighted by atomic mass is 10.0. The molecule has 3 aromatic carbocycles. The van der Waals surface area contributed by atoms with Gasteiger partial charge in [0.1, 0.15) is 17.2 Å². The van der Waals surface area contributed by atoms with Crippen LogP contribution in [0.5, 0.6) is 17.2 Å². The van der Waals surface area contributed by atoms with Crippen molar-refractivity contribution in [3.05, 3.63) is 83.9 Å². The number of carbonyl (C=O) groups is 1. The van der Waals surface area contributed by atoms with Crippen molar-refractivity contribution in [1.29, 1.82) is 0 Å². The summed E-state index contributed by atoms with van der Waals surface area (Å²) in [4.78, 5) is 12.3. The Hall–Kier alpha value is -3.47. The van der Waals surface area contributed by atoms with E-state index in [4.69, 9.17) is 14.2 Å². The van der Waals surface area contributed by atoms with Crippen molar-refractivity contribution in [2.45, 2.75) is 6.42 Å². The second-order valence-corrected chi connectivity index (χ2v) is 6.21. The normalized spacial score (nSPS) is 10.2. The number of benzene rings is 3. The highest BCUT2D eigenvalue weighted by Crippen LogP contribution is 2.26. The molecule has 0 fully saturated rings. The first kappa shape index (κ1) is 19.3. The number of carbonyl (C=O) groups excluding carboxylic acids is 1. The van der Waals surface area contributed by atoms with Crippen LogP contribution in [-0.2, 0) is 11.2 Å². The molecule has 5 nitrogen and oxygen atoms in total. The fourth-order valence-corrected chi connectivity index (χ4v) is 2.83. The van der Waals surface area contributed by atoms with E-state index in [0.717, 1.165) is 12.0 Å². The van der Waals surface area contributed by atoms with E-state index in [9.17, 15) is 4.79 Å². The van der Waals surface area contributed by atoms with Crippen LogP contribution in [0.2, 0.25) is 0 Å². The lowest BCUT2D eigenvalue weighted by Gasteiger charge is -2.13. The standard InChI is InChI=1S/C23H23NO4/c1-26-20-13-19(14-21(15-20)27-2)24-23(25)16-28-22-11-7-6-10-18(22)12-17-8-4-3-5-9-17/h3-11,13-15H,12,16H2,1-2H3,(H,24,25). The molecule has 3 rings (SSSR count). The summed E-state index contributed by atoms with van der Waals surface area (Å²) in [5.41, 5.74) is 2.80. The first-order chi connectivity index (χ1) is 13.7. The molecule has 0 saturated carbocycles. The molecular weight excluding hydrogens is 354 g/mol. The molecule has 0 bridgehead atoms. The second-order valence-electron chi connectivity index (χ2n) is 6.21. The van der Waals surface area contributed by atoms with Crippen LogP contribution < -0.4 is 19.5 Å². The fourth-order valence-electron chi connectivity index (χ4n) is 2.83. The number of hydrogen-bond donors (Lipinski definition) is 1. The fraction of sp³-hybridized carbons (Fsp3) is 0.174. The van der Waals surface area contributed by atoms with Gasteiger partial charge in [-0.05, 0) is 17.2 Å². The third-order valence-corrected chi connectivity index (χ3v) is 4.20. The Morgan fingerprint density at radius 3 is 2.18 bits per heavy atom. The monoisotopic (exact) mass is 377 g/mol. The van der Waals surface area contributed by atoms with Gasteiger partial charge in [-0.25, -0.2) is 0 Å². The van der Waals surface area contributed by atoms with E-state index in [1.54, 1.807) is 32.4 Å². The van der Waals surface area contributed by atoms with E-state index < -0.39 is 0 Å². The zero-order valence-electron chi connectivity index (χ0n) is 16.0. The predicted octanol–water partition coefficient (Wildman–Crippen LogP) is 4.31. The first-order valence-electron chi connectivity index (χ1n) is 8.95. The van der Waals surface area contributed by atoms with Crippen LogP contribution in [0.4, 0.5) is 5.69 Å². The van der Waals surface area contributed by atoms with Gasteiger partial charge in [-0.3, -0.25) is 4.79 Å². The number of hydrogen-bond acceptors (Lipinski definition) is 4. The topological polar surface area (TPSA) is 56.8 Å². The number of para-hydroxylation sites is 1. The van der Waals surface area contributed by atoms with Crippen LogP contribution in [0.3, 0.4) is 0 Å². The maximum atomic E-state index is 12.3. The Labute approximate surface area is 164 Å². The molecule has 28 heavy (non-hydrogen) atoms. The molecule has 0 saturated heterocycles. The molecule has 0 aliphatic rings. The number of amides is 1. The van der Waals surface area contributed by atoms with Gasteiger partial charge >= 0.3 is 0 Å². The molecule has 0 atom stereocenters. The van der Waals surface area contributed by atoms with E-state index in [0.29, 0.717) is 22.9 Å². The van der Waals surface area contributed by atoms with Crippen molar-refractivity contribution in [1.82, 2.24) is 0 Å². The van der Waals surface area contributed by atoms with Crippen LogP contribution in [0.25, 0.3) is 0 Å². The Bertz CT molecular complexity index is 903. The maximum absolute atomic E-state index is 12.3. The van der Waals surface area contributed by atoms with E-state index in [1.807, 2.05) is 42.5 Å². The van der Waals surface area contributed by atoms with Crippen molar-refractivity contribution in [2.24, 2.45) is 0 Å². The summed E-state index contributed by atoms with van der Waals surface area (Å²) in [7, 11) is 3.13. The van der Waals surface area contributed by atoms with Crippen molar-refractivity contribution in [3.8, 4) is 17.2 Å². The molecule has 1 amide bonds. The second kappa shape index (κ2) is 9.46. The summed E-state index contributed by atoms with van der Waals surface area (Å²) >= 11 is 0. The Morgan fingerprint density at radius 1 is 0.857 bits per heavy atom. The molecule has 0 aliphatic heterocycles. The molecule has 3 aromatic rings. The number of nitrogens with one attached hydrogen (secondary N) is 1. The van der Waals surface area contributed by atoms with Gasteiger partial charge in [-0.2, -0.15) is 0 Å². The lowest BCUT2D eigenvalue weighted by Crippen LogP contribution is -2.20. The van der Waals surface area contributed by atoms with Gasteiger partial charge in [0.25, 0.3) is 5.91 Å². The van der Waals surface area contributed by atoms with E-state index in [1.165, 1.54) is 5.56 Å². The summed E-state index contributed by atoms with van der Waals surface area (Å²) < 4.78 is 16.2. The largest absolute Gasteiger partial charge is 0.497 e. The number of ether oxygens (including phenoxy) is 3. The molecule has 0 aromatic heterocycles. The highest BCUT2D eigenvalue weighted by Gasteiger charge is 2.09. The van der Waals surface area contributed by atoms with E-state index in [2.05, 4.69) is 17.4 Å². The smallest absolute Gasteiger partial charge is 0.262 e. The van der Waals surface area contributed by atoms with Crippen LogP contribution >= 0.6 is 0 Å². The zero-order chi connectivity index (χ0) is 19.8. The van der Waals surface area contributed by atoms with E-state index >= 15 is 0 Å².